The van der Waals surface area contributed by atoms with Crippen molar-refractivity contribution >= 4 is 6.21 Å². The second kappa shape index (κ2) is 4.95. The standard InChI is InChI=1S/C11H19NO4/c1-5-6-8(13)10-9(7-12(4)14)15-11(2,3)16-10/h5,7-10,13H,1,6H2,2-4H3/b12-7-/t8-,9+,10-/m0/s1. The minimum absolute atomic E-state index is 0.400. The average molecular weight is 229 g/mol. The molecule has 1 fully saturated rings. The molecule has 5 nitrogen and oxygen atoms in total. The van der Waals surface area contributed by atoms with Crippen molar-refractivity contribution in [2.45, 2.75) is 44.4 Å². The molecular formula is C11H19NO4. The molecule has 0 unspecified atom stereocenters. The van der Waals surface area contributed by atoms with Crippen LogP contribution in [0.25, 0.3) is 0 Å². The molecule has 0 amide bonds. The molecule has 5 heteroatoms. The molecule has 0 bridgehead atoms. The first-order valence-corrected chi connectivity index (χ1v) is 5.25. The Morgan fingerprint density at radius 2 is 2.19 bits per heavy atom. The molecule has 0 radical (unpaired) electrons. The molecule has 0 aromatic heterocycles. The normalized spacial score (nSPS) is 31.4. The van der Waals surface area contributed by atoms with Gasteiger partial charge in [-0.05, 0) is 20.3 Å². The fourth-order valence-corrected chi connectivity index (χ4v) is 1.74. The summed E-state index contributed by atoms with van der Waals surface area (Å²) in [7, 11) is 1.37. The van der Waals surface area contributed by atoms with Crippen molar-refractivity contribution in [3.63, 3.8) is 0 Å². The van der Waals surface area contributed by atoms with E-state index < -0.39 is 24.1 Å². The minimum atomic E-state index is -0.788. The average Bonchev–Trinajstić information content (AvgIpc) is 2.40. The maximum atomic E-state index is 11.0. The van der Waals surface area contributed by atoms with Crippen LogP contribution in [0.3, 0.4) is 0 Å². The first-order chi connectivity index (χ1) is 7.35. The van der Waals surface area contributed by atoms with Gasteiger partial charge >= 0.3 is 0 Å². The van der Waals surface area contributed by atoms with E-state index in [2.05, 4.69) is 6.58 Å². The van der Waals surface area contributed by atoms with Crippen LogP contribution in [0.4, 0.5) is 0 Å². The number of hydrogen-bond acceptors (Lipinski definition) is 4. The molecule has 92 valence electrons. The third kappa shape index (κ3) is 3.30. The Labute approximate surface area is 95.6 Å². The fourth-order valence-electron chi connectivity index (χ4n) is 1.74. The van der Waals surface area contributed by atoms with E-state index in [4.69, 9.17) is 9.47 Å². The quantitative estimate of drug-likeness (QED) is 0.253. The van der Waals surface area contributed by atoms with Gasteiger partial charge in [0.2, 0.25) is 0 Å². The smallest absolute Gasteiger partial charge is 0.182 e. The van der Waals surface area contributed by atoms with Gasteiger partial charge in [0.25, 0.3) is 0 Å². The molecule has 0 spiro atoms. The van der Waals surface area contributed by atoms with Crippen LogP contribution >= 0.6 is 0 Å². The highest BCUT2D eigenvalue weighted by Crippen LogP contribution is 2.29. The number of ether oxygens (including phenoxy) is 2. The number of nitrogens with zero attached hydrogens (tertiary/aromatic N) is 1. The van der Waals surface area contributed by atoms with Crippen LogP contribution in [0.5, 0.6) is 0 Å². The van der Waals surface area contributed by atoms with Crippen molar-refractivity contribution in [3.8, 4) is 0 Å². The first-order valence-electron chi connectivity index (χ1n) is 5.25. The van der Waals surface area contributed by atoms with E-state index in [9.17, 15) is 10.3 Å². The van der Waals surface area contributed by atoms with Crippen LogP contribution in [-0.2, 0) is 9.47 Å². The van der Waals surface area contributed by atoms with Gasteiger partial charge in [-0.3, -0.25) is 0 Å². The zero-order valence-electron chi connectivity index (χ0n) is 9.92. The van der Waals surface area contributed by atoms with Crippen molar-refractivity contribution < 1.29 is 19.3 Å². The van der Waals surface area contributed by atoms with Crippen LogP contribution in [0, 0.1) is 5.21 Å². The van der Waals surface area contributed by atoms with Crippen molar-refractivity contribution in [1.29, 1.82) is 0 Å². The van der Waals surface area contributed by atoms with E-state index >= 15 is 0 Å². The van der Waals surface area contributed by atoms with Gasteiger partial charge in [-0.2, -0.15) is 0 Å². The second-order valence-corrected chi connectivity index (χ2v) is 4.35. The van der Waals surface area contributed by atoms with Crippen LogP contribution in [0.1, 0.15) is 20.3 Å². The zero-order chi connectivity index (χ0) is 12.3. The predicted molar refractivity (Wildman–Crippen MR) is 60.3 cm³/mol. The van der Waals surface area contributed by atoms with Gasteiger partial charge < -0.3 is 19.8 Å². The lowest BCUT2D eigenvalue weighted by Gasteiger charge is -2.19. The predicted octanol–water partition coefficient (Wildman–Crippen LogP) is 0.654. The van der Waals surface area contributed by atoms with E-state index in [0.717, 1.165) is 0 Å². The molecule has 1 heterocycles. The SMILES string of the molecule is C=CC[C@H](O)[C@@H]1OC(C)(C)O[C@@H]1/C=[N+](/C)[O-]. The minimum Gasteiger partial charge on any atom is -0.624 e. The fraction of sp³-hybridized carbons (Fsp3) is 0.727. The monoisotopic (exact) mass is 229 g/mol. The van der Waals surface area contributed by atoms with Crippen molar-refractivity contribution in [3.05, 3.63) is 17.9 Å². The summed E-state index contributed by atoms with van der Waals surface area (Å²) in [6, 6.07) is 0. The highest BCUT2D eigenvalue weighted by Gasteiger charge is 2.45. The Morgan fingerprint density at radius 1 is 1.56 bits per heavy atom. The van der Waals surface area contributed by atoms with Gasteiger partial charge in [-0.15, -0.1) is 6.58 Å². The second-order valence-electron chi connectivity index (χ2n) is 4.35. The Kier molecular flexibility index (Phi) is 4.07. The van der Waals surface area contributed by atoms with Crippen molar-refractivity contribution in [1.82, 2.24) is 0 Å². The molecule has 1 saturated heterocycles. The number of rotatable bonds is 4. The summed E-state index contributed by atoms with van der Waals surface area (Å²) in [5, 5.41) is 20.8. The van der Waals surface area contributed by atoms with E-state index in [0.29, 0.717) is 11.2 Å². The summed E-state index contributed by atoms with van der Waals surface area (Å²) in [6.45, 7) is 7.05. The summed E-state index contributed by atoms with van der Waals surface area (Å²) in [5.41, 5.74) is 0. The van der Waals surface area contributed by atoms with E-state index in [1.54, 1.807) is 19.9 Å². The van der Waals surface area contributed by atoms with Gasteiger partial charge in [0.1, 0.15) is 13.2 Å². The number of aliphatic hydroxyl groups is 1. The molecular weight excluding hydrogens is 210 g/mol. The largest absolute Gasteiger partial charge is 0.624 e. The maximum Gasteiger partial charge on any atom is 0.182 e. The number of aliphatic hydroxyl groups excluding tert-OH is 1. The van der Waals surface area contributed by atoms with Gasteiger partial charge in [0, 0.05) is 0 Å². The number of hydroxylamine groups is 1. The lowest BCUT2D eigenvalue weighted by Crippen LogP contribution is -2.37. The van der Waals surface area contributed by atoms with Gasteiger partial charge in [0.15, 0.2) is 18.1 Å². The summed E-state index contributed by atoms with van der Waals surface area (Å²) < 4.78 is 11.7. The summed E-state index contributed by atoms with van der Waals surface area (Å²) >= 11 is 0. The highest BCUT2D eigenvalue weighted by molar-refractivity contribution is 5.59. The van der Waals surface area contributed by atoms with Crippen LogP contribution < -0.4 is 0 Å². The van der Waals surface area contributed by atoms with E-state index in [1.807, 2.05) is 0 Å². The summed E-state index contributed by atoms with van der Waals surface area (Å²) in [6.07, 6.45) is 1.57. The van der Waals surface area contributed by atoms with E-state index in [-0.39, 0.29) is 0 Å². The zero-order valence-corrected chi connectivity index (χ0v) is 9.92. The van der Waals surface area contributed by atoms with Gasteiger partial charge in [-0.1, -0.05) is 6.08 Å². The molecule has 0 aromatic carbocycles. The van der Waals surface area contributed by atoms with Crippen molar-refractivity contribution in [2.24, 2.45) is 0 Å². The van der Waals surface area contributed by atoms with Crippen LogP contribution in [0.2, 0.25) is 0 Å². The Bertz CT molecular complexity index is 284. The molecule has 1 aliphatic rings. The Balaban J connectivity index is 2.79. The lowest BCUT2D eigenvalue weighted by molar-refractivity contribution is -0.421. The van der Waals surface area contributed by atoms with E-state index in [1.165, 1.54) is 13.3 Å². The topological polar surface area (TPSA) is 64.8 Å². The maximum absolute atomic E-state index is 11.0. The molecule has 1 aliphatic heterocycles. The number of hydrogen-bond donors (Lipinski definition) is 1. The molecule has 1 N–H and O–H groups in total. The molecule has 0 saturated carbocycles. The van der Waals surface area contributed by atoms with Gasteiger partial charge in [0.05, 0.1) is 6.10 Å². The summed E-state index contributed by atoms with van der Waals surface area (Å²) in [4.78, 5) is 0. The van der Waals surface area contributed by atoms with Crippen LogP contribution in [-0.4, -0.2) is 47.2 Å². The van der Waals surface area contributed by atoms with Gasteiger partial charge in [-0.25, -0.2) is 4.74 Å². The third-order valence-electron chi connectivity index (χ3n) is 2.31. The molecule has 16 heavy (non-hydrogen) atoms. The lowest BCUT2D eigenvalue weighted by atomic mass is 10.1. The molecule has 0 aliphatic carbocycles. The molecule has 1 rings (SSSR count). The summed E-state index contributed by atoms with van der Waals surface area (Å²) in [5.74, 6) is -0.788. The third-order valence-corrected chi connectivity index (χ3v) is 2.31. The Hall–Kier alpha value is -0.910. The first kappa shape index (κ1) is 13.2. The molecule has 3 atom stereocenters. The van der Waals surface area contributed by atoms with Crippen LogP contribution in [0.15, 0.2) is 12.7 Å². The van der Waals surface area contributed by atoms with Crippen molar-refractivity contribution in [2.75, 3.05) is 7.05 Å². The Morgan fingerprint density at radius 3 is 2.69 bits per heavy atom. The highest BCUT2D eigenvalue weighted by atomic mass is 16.8. The molecule has 0 aromatic rings.